The first-order chi connectivity index (χ1) is 19.0. The van der Waals surface area contributed by atoms with E-state index in [0.29, 0.717) is 49.2 Å². The average Bonchev–Trinajstić information content (AvgIpc) is 3.37. The number of nitrogens with one attached hydrogen (secondary N) is 3. The molecule has 2 aromatic carbocycles. The molecule has 1 saturated heterocycles. The van der Waals surface area contributed by atoms with E-state index in [2.05, 4.69) is 29.8 Å². The predicted octanol–water partition coefficient (Wildman–Crippen LogP) is 5.84. The van der Waals surface area contributed by atoms with Gasteiger partial charge in [-0.1, -0.05) is 55.2 Å². The minimum absolute atomic E-state index is 0.0476. The van der Waals surface area contributed by atoms with Crippen molar-refractivity contribution < 1.29 is 19.1 Å². The molecule has 214 valence electrons. The lowest BCUT2D eigenvalue weighted by Crippen LogP contribution is -2.61. The summed E-state index contributed by atoms with van der Waals surface area (Å²) in [6.45, 7) is 4.44. The van der Waals surface area contributed by atoms with E-state index in [4.69, 9.17) is 23.2 Å². The fourth-order valence-corrected chi connectivity index (χ4v) is 8.28. The highest BCUT2D eigenvalue weighted by atomic mass is 35.5. The summed E-state index contributed by atoms with van der Waals surface area (Å²) in [6, 6.07) is 9.19. The number of anilines is 1. The van der Waals surface area contributed by atoms with Crippen LogP contribution in [0.5, 0.6) is 0 Å². The molecule has 2 spiro atoms. The van der Waals surface area contributed by atoms with Crippen LogP contribution in [0.15, 0.2) is 36.4 Å². The largest absolute Gasteiger partial charge is 0.393 e. The highest BCUT2D eigenvalue weighted by Crippen LogP contribution is 2.64. The van der Waals surface area contributed by atoms with Gasteiger partial charge < -0.3 is 15.7 Å². The monoisotopic (exact) mass is 587 g/mol. The molecular formula is C31H36Cl2FN3O3. The number of amides is 2. The van der Waals surface area contributed by atoms with Crippen LogP contribution in [0.25, 0.3) is 0 Å². The van der Waals surface area contributed by atoms with Crippen LogP contribution in [0.2, 0.25) is 10.0 Å². The maximum absolute atomic E-state index is 16.0. The van der Waals surface area contributed by atoms with E-state index >= 15 is 4.39 Å². The van der Waals surface area contributed by atoms with Crippen LogP contribution in [-0.4, -0.2) is 40.6 Å². The lowest BCUT2D eigenvalue weighted by atomic mass is 9.53. The van der Waals surface area contributed by atoms with Crippen LogP contribution in [0.1, 0.15) is 82.3 Å². The highest BCUT2D eigenvalue weighted by molar-refractivity contribution is 6.31. The van der Waals surface area contributed by atoms with E-state index in [1.54, 1.807) is 24.3 Å². The van der Waals surface area contributed by atoms with Gasteiger partial charge in [-0.2, -0.15) is 0 Å². The number of rotatable bonds is 3. The van der Waals surface area contributed by atoms with Crippen molar-refractivity contribution in [1.82, 2.24) is 10.6 Å². The van der Waals surface area contributed by atoms with Crippen LogP contribution < -0.4 is 16.0 Å². The fourth-order valence-electron chi connectivity index (χ4n) is 7.93. The molecule has 1 unspecified atom stereocenters. The van der Waals surface area contributed by atoms with Crippen LogP contribution in [-0.2, 0) is 15.0 Å². The minimum Gasteiger partial charge on any atom is -0.393 e. The molecule has 2 heterocycles. The van der Waals surface area contributed by atoms with Crippen molar-refractivity contribution in [2.75, 3.05) is 5.32 Å². The van der Waals surface area contributed by atoms with E-state index in [1.165, 1.54) is 6.07 Å². The van der Waals surface area contributed by atoms with Crippen LogP contribution in [0, 0.1) is 11.2 Å². The predicted molar refractivity (Wildman–Crippen MR) is 154 cm³/mol. The minimum atomic E-state index is -1.26. The van der Waals surface area contributed by atoms with Gasteiger partial charge in [-0.25, -0.2) is 4.39 Å². The summed E-state index contributed by atoms with van der Waals surface area (Å²) < 4.78 is 16.0. The number of hydrogen-bond donors (Lipinski definition) is 4. The second kappa shape index (κ2) is 9.97. The van der Waals surface area contributed by atoms with Gasteiger partial charge in [-0.05, 0) is 86.1 Å². The average molecular weight is 589 g/mol. The molecule has 2 aliphatic heterocycles. The number of carbonyl (C=O) groups is 2. The normalized spacial score (nSPS) is 32.2. The molecule has 4 aliphatic rings. The van der Waals surface area contributed by atoms with Crippen LogP contribution in [0.3, 0.4) is 0 Å². The summed E-state index contributed by atoms with van der Waals surface area (Å²) in [5.41, 5.74) is -0.409. The van der Waals surface area contributed by atoms with Gasteiger partial charge in [0.25, 0.3) is 0 Å². The summed E-state index contributed by atoms with van der Waals surface area (Å²) in [5, 5.41) is 20.4. The molecule has 2 aliphatic carbocycles. The summed E-state index contributed by atoms with van der Waals surface area (Å²) in [5.74, 6) is -1.99. The molecule has 3 fully saturated rings. The third kappa shape index (κ3) is 4.27. The number of hydrogen-bond acceptors (Lipinski definition) is 4. The van der Waals surface area contributed by atoms with Crippen molar-refractivity contribution in [3.05, 3.63) is 63.4 Å². The third-order valence-electron chi connectivity index (χ3n) is 10.1. The van der Waals surface area contributed by atoms with Gasteiger partial charge in [-0.15, -0.1) is 0 Å². The van der Waals surface area contributed by atoms with Crippen molar-refractivity contribution in [3.8, 4) is 0 Å². The molecule has 3 atom stereocenters. The molecule has 9 heteroatoms. The Labute approximate surface area is 244 Å². The van der Waals surface area contributed by atoms with Gasteiger partial charge in [0.1, 0.15) is 11.2 Å². The Bertz CT molecular complexity index is 1350. The van der Waals surface area contributed by atoms with E-state index < -0.39 is 28.7 Å². The van der Waals surface area contributed by atoms with E-state index in [9.17, 15) is 14.7 Å². The second-order valence-electron chi connectivity index (χ2n) is 13.0. The number of halogens is 3. The lowest BCUT2D eigenvalue weighted by molar-refractivity contribution is -0.125. The van der Waals surface area contributed by atoms with Crippen molar-refractivity contribution in [2.24, 2.45) is 5.41 Å². The lowest BCUT2D eigenvalue weighted by Gasteiger charge is -2.50. The van der Waals surface area contributed by atoms with Gasteiger partial charge >= 0.3 is 0 Å². The molecule has 4 N–H and O–H groups in total. The molecule has 6 rings (SSSR count). The Balaban J connectivity index is 1.54. The molecule has 6 nitrogen and oxygen atoms in total. The Hall–Kier alpha value is -2.19. The maximum atomic E-state index is 16.0. The van der Waals surface area contributed by atoms with E-state index in [0.717, 1.165) is 18.4 Å². The van der Waals surface area contributed by atoms with Gasteiger partial charge in [-0.3, -0.25) is 14.9 Å². The molecule has 2 aromatic rings. The number of aliphatic hydroxyl groups is 1. The van der Waals surface area contributed by atoms with Crippen molar-refractivity contribution >= 4 is 40.7 Å². The first kappa shape index (κ1) is 28.0. The summed E-state index contributed by atoms with van der Waals surface area (Å²) >= 11 is 12.7. The van der Waals surface area contributed by atoms with Gasteiger partial charge in [0.2, 0.25) is 11.8 Å². The topological polar surface area (TPSA) is 90.5 Å². The number of aliphatic hydroxyl groups excluding tert-OH is 1. The van der Waals surface area contributed by atoms with E-state index in [-0.39, 0.29) is 40.0 Å². The summed E-state index contributed by atoms with van der Waals surface area (Å²) in [4.78, 5) is 28.7. The number of carbonyl (C=O) groups excluding carboxylic acids is 2. The molecule has 0 aromatic heterocycles. The zero-order valence-corrected chi connectivity index (χ0v) is 24.3. The summed E-state index contributed by atoms with van der Waals surface area (Å²) in [7, 11) is 0. The fraction of sp³-hybridized carbons (Fsp3) is 0.548. The van der Waals surface area contributed by atoms with Crippen LogP contribution in [0.4, 0.5) is 10.1 Å². The molecule has 0 radical (unpaired) electrons. The first-order valence-electron chi connectivity index (χ1n) is 14.3. The van der Waals surface area contributed by atoms with Gasteiger partial charge in [0.05, 0.1) is 17.2 Å². The number of fused-ring (bicyclic) bond motifs is 3. The highest BCUT2D eigenvalue weighted by Gasteiger charge is 2.73. The molecule has 40 heavy (non-hydrogen) atoms. The first-order valence-corrected chi connectivity index (χ1v) is 15.0. The molecule has 0 bridgehead atoms. The zero-order chi connectivity index (χ0) is 28.4. The molecule has 2 saturated carbocycles. The van der Waals surface area contributed by atoms with Crippen molar-refractivity contribution in [3.63, 3.8) is 0 Å². The quantitative estimate of drug-likeness (QED) is 0.363. The van der Waals surface area contributed by atoms with E-state index in [1.807, 2.05) is 6.07 Å². The smallest absolute Gasteiger partial charge is 0.238 e. The third-order valence-corrected chi connectivity index (χ3v) is 10.6. The standard InChI is InChI=1S/C31H36Cl2FN3O3/c1-29(2)12-14-30(15-13-29)31(21-11-6-17(32)16-23(21)36-28(31)40)24(20-4-3-5-22(33)25(20)34)26(37-30)27(39)35-18-7-9-19(38)10-8-18/h3-6,11,16,18-19,24,26,37-38H,7-10,12-15H2,1-2H3,(H,35,39)(H,36,40)/t18?,19?,24-,26+,31?/m0/s1. The Morgan fingerprint density at radius 2 is 1.75 bits per heavy atom. The number of benzene rings is 2. The molecule has 2 amide bonds. The molecular weight excluding hydrogens is 552 g/mol. The van der Waals surface area contributed by atoms with Crippen molar-refractivity contribution in [1.29, 1.82) is 0 Å². The Morgan fingerprint density at radius 3 is 2.45 bits per heavy atom. The van der Waals surface area contributed by atoms with Gasteiger partial charge in [0, 0.05) is 28.2 Å². The second-order valence-corrected chi connectivity index (χ2v) is 13.8. The maximum Gasteiger partial charge on any atom is 0.238 e. The van der Waals surface area contributed by atoms with Crippen molar-refractivity contribution in [2.45, 2.75) is 100 Å². The Kier molecular flexibility index (Phi) is 6.97. The van der Waals surface area contributed by atoms with Crippen LogP contribution >= 0.6 is 23.2 Å². The SMILES string of the molecule is CC1(C)CCC2(CC1)N[C@@H](C(=O)NC1CCC(O)CC1)[C@H](c1cccc(Cl)c1F)C21C(=O)Nc2cc(Cl)ccc21. The van der Waals surface area contributed by atoms with Gasteiger partial charge in [0.15, 0.2) is 0 Å². The zero-order valence-electron chi connectivity index (χ0n) is 22.8. The Morgan fingerprint density at radius 1 is 1.05 bits per heavy atom. The summed E-state index contributed by atoms with van der Waals surface area (Å²) in [6.07, 6.45) is 5.21.